The highest BCUT2D eigenvalue weighted by molar-refractivity contribution is 7.10. The van der Waals surface area contributed by atoms with Crippen LogP contribution in [0.2, 0.25) is 0 Å². The molecule has 7 heteroatoms. The Morgan fingerprint density at radius 1 is 1.25 bits per heavy atom. The number of benzene rings is 1. The van der Waals surface area contributed by atoms with Gasteiger partial charge in [-0.1, -0.05) is 18.2 Å². The molecule has 1 aliphatic rings. The summed E-state index contributed by atoms with van der Waals surface area (Å²) in [5.41, 5.74) is 0.556. The maximum Gasteiger partial charge on any atom is 0.295 e. The maximum atomic E-state index is 12.8. The molecule has 1 amide bonds. The minimum atomic E-state index is -0.671. The standard InChI is InChI=1S/C21H23NO5S/c1-3-27-15-8-4-7-14(13-15)19(23)17-18(16-9-5-12-28-16)22(10-6-11-26-2)21(25)20(17)24/h4-5,7-9,12-13,18,23H,3,6,10-11H2,1-2H3/t18-/m0/s1. The smallest absolute Gasteiger partial charge is 0.295 e. The van der Waals surface area contributed by atoms with Gasteiger partial charge in [-0.15, -0.1) is 11.3 Å². The van der Waals surface area contributed by atoms with Gasteiger partial charge in [0.15, 0.2) is 0 Å². The van der Waals surface area contributed by atoms with Crippen molar-refractivity contribution >= 4 is 28.8 Å². The molecule has 1 saturated heterocycles. The van der Waals surface area contributed by atoms with Crippen LogP contribution in [-0.4, -0.2) is 48.6 Å². The molecular formula is C21H23NO5S. The molecule has 0 spiro atoms. The van der Waals surface area contributed by atoms with Gasteiger partial charge in [0, 0.05) is 30.7 Å². The van der Waals surface area contributed by atoms with E-state index >= 15 is 0 Å². The predicted octanol–water partition coefficient (Wildman–Crippen LogP) is 3.61. The Morgan fingerprint density at radius 2 is 2.07 bits per heavy atom. The number of thiophene rings is 1. The summed E-state index contributed by atoms with van der Waals surface area (Å²) >= 11 is 1.45. The lowest BCUT2D eigenvalue weighted by Crippen LogP contribution is -2.31. The molecule has 1 atom stereocenters. The number of aliphatic hydroxyl groups excluding tert-OH is 1. The van der Waals surface area contributed by atoms with Crippen LogP contribution < -0.4 is 4.74 Å². The van der Waals surface area contributed by atoms with E-state index in [1.807, 2.05) is 24.4 Å². The molecule has 2 heterocycles. The summed E-state index contributed by atoms with van der Waals surface area (Å²) in [7, 11) is 1.59. The summed E-state index contributed by atoms with van der Waals surface area (Å²) in [6.07, 6.45) is 0.602. The van der Waals surface area contributed by atoms with E-state index in [4.69, 9.17) is 9.47 Å². The number of ketones is 1. The molecule has 0 bridgehead atoms. The molecule has 28 heavy (non-hydrogen) atoms. The average Bonchev–Trinajstić information content (AvgIpc) is 3.30. The van der Waals surface area contributed by atoms with Gasteiger partial charge in [-0.25, -0.2) is 0 Å². The van der Waals surface area contributed by atoms with E-state index in [2.05, 4.69) is 0 Å². The largest absolute Gasteiger partial charge is 0.507 e. The van der Waals surface area contributed by atoms with E-state index in [1.165, 1.54) is 16.2 Å². The fourth-order valence-electron chi connectivity index (χ4n) is 3.29. The summed E-state index contributed by atoms with van der Waals surface area (Å²) in [5, 5.41) is 12.9. The number of hydrogen-bond donors (Lipinski definition) is 1. The van der Waals surface area contributed by atoms with Gasteiger partial charge in [0.25, 0.3) is 11.7 Å². The first-order valence-corrected chi connectivity index (χ1v) is 10.0. The average molecular weight is 401 g/mol. The molecular weight excluding hydrogens is 378 g/mol. The Morgan fingerprint density at radius 3 is 2.75 bits per heavy atom. The van der Waals surface area contributed by atoms with Crippen LogP contribution in [-0.2, 0) is 14.3 Å². The second kappa shape index (κ2) is 9.03. The summed E-state index contributed by atoms with van der Waals surface area (Å²) in [6.45, 7) is 3.21. The van der Waals surface area contributed by atoms with E-state index in [9.17, 15) is 14.7 Å². The first-order valence-electron chi connectivity index (χ1n) is 9.12. The van der Waals surface area contributed by atoms with Crippen LogP contribution in [0.25, 0.3) is 5.76 Å². The summed E-state index contributed by atoms with van der Waals surface area (Å²) in [4.78, 5) is 27.9. The van der Waals surface area contributed by atoms with Crippen molar-refractivity contribution < 1.29 is 24.2 Å². The third kappa shape index (κ3) is 3.95. The van der Waals surface area contributed by atoms with Crippen LogP contribution >= 0.6 is 11.3 Å². The minimum Gasteiger partial charge on any atom is -0.507 e. The summed E-state index contributed by atoms with van der Waals surface area (Å²) in [5.74, 6) is -0.867. The number of methoxy groups -OCH3 is 1. The second-order valence-corrected chi connectivity index (χ2v) is 7.29. The topological polar surface area (TPSA) is 76.1 Å². The van der Waals surface area contributed by atoms with Crippen LogP contribution in [0, 0.1) is 0 Å². The summed E-state index contributed by atoms with van der Waals surface area (Å²) in [6, 6.07) is 10.0. The zero-order chi connectivity index (χ0) is 20.1. The van der Waals surface area contributed by atoms with Crippen molar-refractivity contribution in [2.45, 2.75) is 19.4 Å². The first kappa shape index (κ1) is 20.1. The van der Waals surface area contributed by atoms with Crippen LogP contribution in [0.3, 0.4) is 0 Å². The molecule has 0 saturated carbocycles. The van der Waals surface area contributed by atoms with Crippen molar-refractivity contribution in [1.29, 1.82) is 0 Å². The number of likely N-dealkylation sites (tertiary alicyclic amines) is 1. The number of nitrogens with zero attached hydrogens (tertiary/aromatic N) is 1. The SMILES string of the molecule is CCOc1cccc(C(O)=C2C(=O)C(=O)N(CCCOC)[C@H]2c2cccs2)c1. The molecule has 1 aromatic carbocycles. The molecule has 2 aromatic rings. The zero-order valence-electron chi connectivity index (χ0n) is 15.9. The van der Waals surface area contributed by atoms with Crippen LogP contribution in [0.15, 0.2) is 47.4 Å². The lowest BCUT2D eigenvalue weighted by molar-refractivity contribution is -0.140. The number of carbonyl (C=O) groups is 2. The van der Waals surface area contributed by atoms with Crippen LogP contribution in [0.1, 0.15) is 29.8 Å². The highest BCUT2D eigenvalue weighted by Gasteiger charge is 2.46. The lowest BCUT2D eigenvalue weighted by Gasteiger charge is -2.24. The molecule has 1 fully saturated rings. The number of amides is 1. The fraction of sp³-hybridized carbons (Fsp3) is 0.333. The number of carbonyl (C=O) groups excluding carboxylic acids is 2. The zero-order valence-corrected chi connectivity index (χ0v) is 16.7. The minimum absolute atomic E-state index is 0.110. The van der Waals surface area contributed by atoms with E-state index in [-0.39, 0.29) is 11.3 Å². The third-order valence-electron chi connectivity index (χ3n) is 4.52. The normalized spacial score (nSPS) is 18.6. The van der Waals surface area contributed by atoms with Crippen molar-refractivity contribution in [1.82, 2.24) is 4.90 Å². The van der Waals surface area contributed by atoms with Crippen LogP contribution in [0.4, 0.5) is 0 Å². The van der Waals surface area contributed by atoms with Gasteiger partial charge in [0.1, 0.15) is 11.5 Å². The Labute approximate surface area is 168 Å². The van der Waals surface area contributed by atoms with Gasteiger partial charge in [-0.2, -0.15) is 0 Å². The predicted molar refractivity (Wildman–Crippen MR) is 107 cm³/mol. The number of aliphatic hydroxyl groups is 1. The molecule has 0 unspecified atom stereocenters. The summed E-state index contributed by atoms with van der Waals surface area (Å²) < 4.78 is 10.6. The number of hydrogen-bond acceptors (Lipinski definition) is 6. The fourth-order valence-corrected chi connectivity index (χ4v) is 4.13. The van der Waals surface area contributed by atoms with Gasteiger partial charge in [-0.05, 0) is 36.9 Å². The number of Topliss-reactive ketones (excluding diaryl/α,β-unsaturated/α-hetero) is 1. The molecule has 0 aliphatic carbocycles. The van der Waals surface area contributed by atoms with Gasteiger partial charge < -0.3 is 19.5 Å². The molecule has 148 valence electrons. The van der Waals surface area contributed by atoms with Crippen LogP contribution in [0.5, 0.6) is 5.75 Å². The van der Waals surface area contributed by atoms with Gasteiger partial charge in [-0.3, -0.25) is 9.59 Å². The quantitative estimate of drug-likeness (QED) is 0.317. The van der Waals surface area contributed by atoms with Crippen molar-refractivity contribution in [2.75, 3.05) is 26.9 Å². The molecule has 6 nitrogen and oxygen atoms in total. The Kier molecular flexibility index (Phi) is 6.49. The van der Waals surface area contributed by atoms with E-state index < -0.39 is 17.7 Å². The first-order chi connectivity index (χ1) is 13.6. The van der Waals surface area contributed by atoms with Crippen molar-refractivity contribution in [3.8, 4) is 5.75 Å². The third-order valence-corrected chi connectivity index (χ3v) is 5.44. The van der Waals surface area contributed by atoms with Gasteiger partial charge in [0.2, 0.25) is 0 Å². The monoisotopic (exact) mass is 401 g/mol. The molecule has 1 aliphatic heterocycles. The van der Waals surface area contributed by atoms with E-state index in [0.29, 0.717) is 37.5 Å². The lowest BCUT2D eigenvalue weighted by atomic mass is 9.99. The Balaban J connectivity index is 2.05. The van der Waals surface area contributed by atoms with Gasteiger partial charge >= 0.3 is 0 Å². The number of ether oxygens (including phenoxy) is 2. The highest BCUT2D eigenvalue weighted by Crippen LogP contribution is 2.41. The number of rotatable bonds is 8. The van der Waals surface area contributed by atoms with Crippen molar-refractivity contribution in [2.24, 2.45) is 0 Å². The molecule has 1 aromatic heterocycles. The molecule has 0 radical (unpaired) electrons. The Hall–Kier alpha value is -2.64. The molecule has 3 rings (SSSR count). The maximum absolute atomic E-state index is 12.8. The van der Waals surface area contributed by atoms with Crippen molar-refractivity contribution in [3.05, 3.63) is 57.8 Å². The van der Waals surface area contributed by atoms with E-state index in [1.54, 1.807) is 31.4 Å². The van der Waals surface area contributed by atoms with Gasteiger partial charge in [0.05, 0.1) is 18.2 Å². The van der Waals surface area contributed by atoms with Crippen molar-refractivity contribution in [3.63, 3.8) is 0 Å². The second-order valence-electron chi connectivity index (χ2n) is 6.32. The van der Waals surface area contributed by atoms with E-state index in [0.717, 1.165) is 4.88 Å². The molecule has 1 N–H and O–H groups in total. The Bertz CT molecular complexity index is 875. The highest BCUT2D eigenvalue weighted by atomic mass is 32.1.